The summed E-state index contributed by atoms with van der Waals surface area (Å²) in [6, 6.07) is 67.4. The fraction of sp³-hybridized carbons (Fsp3) is 0.125. The fourth-order valence-corrected chi connectivity index (χ4v) is 10.9. The summed E-state index contributed by atoms with van der Waals surface area (Å²) in [5.74, 6) is 2.65. The molecule has 0 unspecified atom stereocenters. The van der Waals surface area contributed by atoms with Crippen molar-refractivity contribution in [1.29, 1.82) is 0 Å². The molecule has 2 fully saturated rings. The molecular formula is C64H50N8O2. The fourth-order valence-electron chi connectivity index (χ4n) is 10.9. The number of rotatable bonds is 11. The van der Waals surface area contributed by atoms with E-state index in [-0.39, 0.29) is 0 Å². The molecule has 0 aliphatic carbocycles. The SMILES string of the molecule is [c-]1n(-c2cc3ccccc3cc2N2CCCC2)c2ccccc2[n+]1-c1cccc(Oc2ccnc(-c3cc(Oc4cccc(-[n+]5[c-]n(-c6cc7ccccc7cc6N6CCCC6)c6ccccc65)c4)ccn3)c2)c1. The number of hydrogen-bond donors (Lipinski definition) is 0. The van der Waals surface area contributed by atoms with Gasteiger partial charge in [0.05, 0.1) is 67.6 Å². The molecule has 10 heteroatoms. The summed E-state index contributed by atoms with van der Waals surface area (Å²) >= 11 is 0. The third-order valence-corrected chi connectivity index (χ3v) is 14.5. The van der Waals surface area contributed by atoms with Crippen LogP contribution in [-0.4, -0.2) is 45.3 Å². The zero-order valence-electron chi connectivity index (χ0n) is 40.7. The molecule has 0 N–H and O–H groups in total. The minimum atomic E-state index is 0.638. The first-order valence-corrected chi connectivity index (χ1v) is 25.6. The van der Waals surface area contributed by atoms with E-state index >= 15 is 0 Å². The Balaban J connectivity index is 0.737. The number of hydrogen-bond acceptors (Lipinski definition) is 6. The summed E-state index contributed by atoms with van der Waals surface area (Å²) in [7, 11) is 0. The Bertz CT molecular complexity index is 3830. The van der Waals surface area contributed by atoms with Gasteiger partial charge in [-0.1, -0.05) is 109 Å². The standard InChI is InChI=1S/C64H50N8O2/c1-3-17-47-37-63(61(35-45(47)15-1)67-31-9-10-32-67)71-43-69(57-23-5-7-25-59(57)71)49-19-13-21-51(39-49)73-53-27-29-65-55(41-53)56-42-54(28-30-66-56)74-52-22-14-20-50(40-52)70-44-72(60-26-8-6-24-58(60)70)64-38-48-18-4-2-16-46(48)36-62(64)68-33-11-12-34-68/h1-8,13-30,35-42H,9-12,31-34H2. The predicted octanol–water partition coefficient (Wildman–Crippen LogP) is 13.3. The van der Waals surface area contributed by atoms with E-state index < -0.39 is 0 Å². The summed E-state index contributed by atoms with van der Waals surface area (Å²) in [4.78, 5) is 14.5. The Kier molecular flexibility index (Phi) is 10.8. The van der Waals surface area contributed by atoms with E-state index in [1.54, 1.807) is 12.4 Å². The van der Waals surface area contributed by atoms with Gasteiger partial charge in [-0.2, -0.15) is 0 Å². The van der Waals surface area contributed by atoms with Gasteiger partial charge in [0.2, 0.25) is 0 Å². The maximum absolute atomic E-state index is 6.58. The first-order valence-electron chi connectivity index (χ1n) is 25.6. The number of imidazole rings is 2. The van der Waals surface area contributed by atoms with Crippen LogP contribution >= 0.6 is 0 Å². The lowest BCUT2D eigenvalue weighted by molar-refractivity contribution is -0.572. The van der Waals surface area contributed by atoms with Gasteiger partial charge in [0.15, 0.2) is 0 Å². The molecule has 0 bridgehead atoms. The molecule has 0 spiro atoms. The summed E-state index contributed by atoms with van der Waals surface area (Å²) in [5.41, 5.74) is 12.1. The number of ether oxygens (including phenoxy) is 2. The number of benzene rings is 8. The minimum Gasteiger partial charge on any atom is -0.458 e. The van der Waals surface area contributed by atoms with Crippen LogP contribution in [0.15, 0.2) is 207 Å². The molecular weight excluding hydrogens is 913 g/mol. The molecule has 4 aromatic heterocycles. The number of para-hydroxylation sites is 4. The number of anilines is 2. The van der Waals surface area contributed by atoms with E-state index in [1.165, 1.54) is 58.6 Å². The molecule has 2 aliphatic rings. The van der Waals surface area contributed by atoms with Crippen molar-refractivity contribution in [3.8, 4) is 57.1 Å². The minimum absolute atomic E-state index is 0.638. The van der Waals surface area contributed by atoms with Crippen molar-refractivity contribution in [2.24, 2.45) is 0 Å². The Labute approximate surface area is 428 Å². The Morgan fingerprint density at radius 2 is 0.743 bits per heavy atom. The first kappa shape index (κ1) is 43.5. The van der Waals surface area contributed by atoms with E-state index in [1.807, 2.05) is 48.5 Å². The second kappa shape index (κ2) is 18.4. The van der Waals surface area contributed by atoms with E-state index in [9.17, 15) is 0 Å². The van der Waals surface area contributed by atoms with Gasteiger partial charge in [-0.3, -0.25) is 28.2 Å². The van der Waals surface area contributed by atoms with Gasteiger partial charge in [-0.05, 0) is 120 Å². The van der Waals surface area contributed by atoms with Crippen LogP contribution in [-0.2, 0) is 0 Å². The molecule has 14 rings (SSSR count). The molecule has 0 atom stereocenters. The van der Waals surface area contributed by atoms with E-state index in [4.69, 9.17) is 19.4 Å². The van der Waals surface area contributed by atoms with E-state index in [0.29, 0.717) is 34.4 Å². The Morgan fingerprint density at radius 1 is 0.365 bits per heavy atom. The molecule has 358 valence electrons. The maximum atomic E-state index is 6.58. The van der Waals surface area contributed by atoms with Crippen molar-refractivity contribution in [2.75, 3.05) is 36.0 Å². The third-order valence-electron chi connectivity index (χ3n) is 14.5. The largest absolute Gasteiger partial charge is 0.458 e. The lowest BCUT2D eigenvalue weighted by Gasteiger charge is -2.23. The number of fused-ring (bicyclic) bond motifs is 4. The van der Waals surface area contributed by atoms with Gasteiger partial charge in [0, 0.05) is 50.7 Å². The molecule has 10 nitrogen and oxygen atoms in total. The van der Waals surface area contributed by atoms with Crippen LogP contribution in [0.4, 0.5) is 11.4 Å². The van der Waals surface area contributed by atoms with Gasteiger partial charge < -0.3 is 19.3 Å². The molecule has 12 aromatic rings. The lowest BCUT2D eigenvalue weighted by Crippen LogP contribution is -2.29. The quantitative estimate of drug-likeness (QED) is 0.0950. The Hall–Kier alpha value is -9.28. The Morgan fingerprint density at radius 3 is 1.18 bits per heavy atom. The summed E-state index contributed by atoms with van der Waals surface area (Å²) < 4.78 is 21.9. The molecule has 74 heavy (non-hydrogen) atoms. The van der Waals surface area contributed by atoms with E-state index in [2.05, 4.69) is 186 Å². The zero-order valence-corrected chi connectivity index (χ0v) is 40.7. The van der Waals surface area contributed by atoms with Crippen LogP contribution < -0.4 is 28.4 Å². The second-order valence-corrected chi connectivity index (χ2v) is 19.2. The molecule has 0 saturated carbocycles. The van der Waals surface area contributed by atoms with Crippen LogP contribution in [0.3, 0.4) is 0 Å². The average molecular weight is 963 g/mol. The van der Waals surface area contributed by atoms with Gasteiger partial charge >= 0.3 is 0 Å². The molecule has 0 radical (unpaired) electrons. The maximum Gasteiger partial charge on any atom is 0.269 e. The lowest BCUT2D eigenvalue weighted by atomic mass is 10.1. The molecule has 8 aromatic carbocycles. The second-order valence-electron chi connectivity index (χ2n) is 19.2. The molecule has 6 heterocycles. The van der Waals surface area contributed by atoms with Gasteiger partial charge in [-0.25, -0.2) is 0 Å². The first-order chi connectivity index (χ1) is 36.6. The van der Waals surface area contributed by atoms with Crippen molar-refractivity contribution < 1.29 is 18.6 Å². The third kappa shape index (κ3) is 8.01. The van der Waals surface area contributed by atoms with Crippen LogP contribution in [0.5, 0.6) is 23.0 Å². The van der Waals surface area contributed by atoms with Crippen molar-refractivity contribution in [3.05, 3.63) is 219 Å². The molecule has 0 amide bonds. The highest BCUT2D eigenvalue weighted by Crippen LogP contribution is 2.37. The zero-order chi connectivity index (χ0) is 49.0. The van der Waals surface area contributed by atoms with Crippen LogP contribution in [0.2, 0.25) is 0 Å². The highest BCUT2D eigenvalue weighted by molar-refractivity contribution is 5.93. The monoisotopic (exact) mass is 962 g/mol. The van der Waals surface area contributed by atoms with Crippen molar-refractivity contribution in [1.82, 2.24) is 19.1 Å². The summed E-state index contributed by atoms with van der Waals surface area (Å²) in [5, 5.41) is 4.88. The predicted molar refractivity (Wildman–Crippen MR) is 293 cm³/mol. The van der Waals surface area contributed by atoms with Gasteiger partial charge in [0.1, 0.15) is 23.0 Å². The summed E-state index contributed by atoms with van der Waals surface area (Å²) in [6.45, 7) is 4.19. The molecule has 2 aliphatic heterocycles. The highest BCUT2D eigenvalue weighted by atomic mass is 16.5. The smallest absolute Gasteiger partial charge is 0.269 e. The van der Waals surface area contributed by atoms with Crippen LogP contribution in [0, 0.1) is 12.7 Å². The van der Waals surface area contributed by atoms with Crippen molar-refractivity contribution in [3.63, 3.8) is 0 Å². The van der Waals surface area contributed by atoms with Crippen LogP contribution in [0.25, 0.3) is 77.7 Å². The van der Waals surface area contributed by atoms with Crippen LogP contribution in [0.1, 0.15) is 25.7 Å². The topological polar surface area (TPSA) is 68.3 Å². The van der Waals surface area contributed by atoms with Gasteiger partial charge in [-0.15, -0.1) is 0 Å². The number of pyridine rings is 2. The number of aromatic nitrogens is 6. The number of nitrogens with zero attached hydrogens (tertiary/aromatic N) is 8. The van der Waals surface area contributed by atoms with Crippen molar-refractivity contribution in [2.45, 2.75) is 25.7 Å². The molecule has 2 saturated heterocycles. The summed E-state index contributed by atoms with van der Waals surface area (Å²) in [6.07, 6.45) is 15.8. The van der Waals surface area contributed by atoms with Crippen molar-refractivity contribution >= 4 is 55.0 Å². The van der Waals surface area contributed by atoms with Gasteiger partial charge in [0.25, 0.3) is 12.7 Å². The normalized spacial score (nSPS) is 13.7. The highest BCUT2D eigenvalue weighted by Gasteiger charge is 2.23. The van der Waals surface area contributed by atoms with E-state index in [0.717, 1.165) is 71.0 Å². The average Bonchev–Trinajstić information content (AvgIpc) is 4.31.